The van der Waals surface area contributed by atoms with Gasteiger partial charge < -0.3 is 14.8 Å². The molecule has 0 aliphatic heterocycles. The first kappa shape index (κ1) is 17.0. The summed E-state index contributed by atoms with van der Waals surface area (Å²) in [6.45, 7) is 10.6. The van der Waals surface area contributed by atoms with Gasteiger partial charge in [-0.1, -0.05) is 26.8 Å². The van der Waals surface area contributed by atoms with Crippen LogP contribution in [0.1, 0.15) is 51.3 Å². The number of ether oxygens (including phenoxy) is 2. The number of hydrogen-bond acceptors (Lipinski definition) is 3. The van der Waals surface area contributed by atoms with E-state index in [0.717, 1.165) is 17.9 Å². The Balaban J connectivity index is 2.68. The summed E-state index contributed by atoms with van der Waals surface area (Å²) < 4.78 is 10.6. The topological polar surface area (TPSA) is 30.5 Å². The van der Waals surface area contributed by atoms with Gasteiger partial charge in [-0.25, -0.2) is 0 Å². The molecule has 0 radical (unpaired) electrons. The second-order valence-electron chi connectivity index (χ2n) is 6.49. The van der Waals surface area contributed by atoms with E-state index in [-0.39, 0.29) is 0 Å². The third-order valence-electron chi connectivity index (χ3n) is 3.43. The number of rotatable bonds is 7. The molecule has 20 heavy (non-hydrogen) atoms. The van der Waals surface area contributed by atoms with Gasteiger partial charge in [-0.05, 0) is 43.0 Å². The SMILES string of the molecule is COCc1cc(C(C)NCCC(C)(C)C)ccc1OC. The van der Waals surface area contributed by atoms with Crippen molar-refractivity contribution >= 4 is 0 Å². The standard InChI is InChI=1S/C17H29NO2/c1-13(18-10-9-17(2,3)4)14-7-8-16(20-6)15(11-14)12-19-5/h7-8,11,13,18H,9-10,12H2,1-6H3. The van der Waals surface area contributed by atoms with E-state index in [1.165, 1.54) is 12.0 Å². The maximum Gasteiger partial charge on any atom is 0.124 e. The highest BCUT2D eigenvalue weighted by Crippen LogP contribution is 2.24. The van der Waals surface area contributed by atoms with Crippen LogP contribution in [0.2, 0.25) is 0 Å². The first-order valence-electron chi connectivity index (χ1n) is 7.26. The summed E-state index contributed by atoms with van der Waals surface area (Å²) in [5, 5.41) is 3.58. The van der Waals surface area contributed by atoms with E-state index in [1.54, 1.807) is 14.2 Å². The Morgan fingerprint density at radius 2 is 1.90 bits per heavy atom. The molecule has 0 spiro atoms. The predicted molar refractivity (Wildman–Crippen MR) is 84.2 cm³/mol. The van der Waals surface area contributed by atoms with Gasteiger partial charge in [0, 0.05) is 18.7 Å². The van der Waals surface area contributed by atoms with E-state index in [9.17, 15) is 0 Å². The van der Waals surface area contributed by atoms with Crippen molar-refractivity contribution in [3.8, 4) is 5.75 Å². The molecule has 1 aromatic rings. The van der Waals surface area contributed by atoms with E-state index >= 15 is 0 Å². The van der Waals surface area contributed by atoms with Gasteiger partial charge in [0.15, 0.2) is 0 Å². The van der Waals surface area contributed by atoms with E-state index in [4.69, 9.17) is 9.47 Å². The summed E-state index contributed by atoms with van der Waals surface area (Å²) in [6.07, 6.45) is 1.17. The second kappa shape index (κ2) is 7.65. The Labute approximate surface area is 123 Å². The number of hydrogen-bond donors (Lipinski definition) is 1. The van der Waals surface area contributed by atoms with Crippen molar-refractivity contribution in [3.63, 3.8) is 0 Å². The molecule has 1 rings (SSSR count). The van der Waals surface area contributed by atoms with E-state index in [2.05, 4.69) is 45.1 Å². The largest absolute Gasteiger partial charge is 0.496 e. The van der Waals surface area contributed by atoms with Crippen molar-refractivity contribution in [2.75, 3.05) is 20.8 Å². The molecular weight excluding hydrogens is 250 g/mol. The Hall–Kier alpha value is -1.06. The first-order valence-corrected chi connectivity index (χ1v) is 7.26. The van der Waals surface area contributed by atoms with Crippen LogP contribution >= 0.6 is 0 Å². The van der Waals surface area contributed by atoms with Gasteiger partial charge in [-0.3, -0.25) is 0 Å². The second-order valence-corrected chi connectivity index (χ2v) is 6.49. The minimum Gasteiger partial charge on any atom is -0.496 e. The Kier molecular flexibility index (Phi) is 6.50. The highest BCUT2D eigenvalue weighted by molar-refractivity contribution is 5.38. The van der Waals surface area contributed by atoms with Gasteiger partial charge in [0.2, 0.25) is 0 Å². The Morgan fingerprint density at radius 1 is 1.20 bits per heavy atom. The van der Waals surface area contributed by atoms with Crippen molar-refractivity contribution in [2.45, 2.75) is 46.8 Å². The molecule has 0 aliphatic rings. The summed E-state index contributed by atoms with van der Waals surface area (Å²) in [4.78, 5) is 0. The van der Waals surface area contributed by atoms with Gasteiger partial charge in [-0.15, -0.1) is 0 Å². The van der Waals surface area contributed by atoms with Crippen molar-refractivity contribution in [2.24, 2.45) is 5.41 Å². The maximum atomic E-state index is 5.36. The maximum absolute atomic E-state index is 5.36. The molecule has 3 nitrogen and oxygen atoms in total. The van der Waals surface area contributed by atoms with Crippen LogP contribution in [0.3, 0.4) is 0 Å². The van der Waals surface area contributed by atoms with Crippen LogP contribution in [0.25, 0.3) is 0 Å². The lowest BCUT2D eigenvalue weighted by Crippen LogP contribution is -2.23. The molecular formula is C17H29NO2. The van der Waals surface area contributed by atoms with Crippen molar-refractivity contribution < 1.29 is 9.47 Å². The fourth-order valence-corrected chi connectivity index (χ4v) is 2.12. The molecule has 0 bridgehead atoms. The summed E-state index contributed by atoms with van der Waals surface area (Å²) >= 11 is 0. The lowest BCUT2D eigenvalue weighted by Gasteiger charge is -2.21. The van der Waals surface area contributed by atoms with Crippen molar-refractivity contribution in [3.05, 3.63) is 29.3 Å². The zero-order valence-electron chi connectivity index (χ0n) is 13.7. The quantitative estimate of drug-likeness (QED) is 0.820. The van der Waals surface area contributed by atoms with Crippen LogP contribution in [0.5, 0.6) is 5.75 Å². The fourth-order valence-electron chi connectivity index (χ4n) is 2.12. The van der Waals surface area contributed by atoms with E-state index in [0.29, 0.717) is 18.1 Å². The zero-order chi connectivity index (χ0) is 15.2. The molecule has 0 fully saturated rings. The molecule has 1 N–H and O–H groups in total. The van der Waals surface area contributed by atoms with Gasteiger partial charge in [0.1, 0.15) is 5.75 Å². The summed E-state index contributed by atoms with van der Waals surface area (Å²) in [7, 11) is 3.40. The van der Waals surface area contributed by atoms with E-state index < -0.39 is 0 Å². The summed E-state index contributed by atoms with van der Waals surface area (Å²) in [6, 6.07) is 6.63. The van der Waals surface area contributed by atoms with Crippen molar-refractivity contribution in [1.29, 1.82) is 0 Å². The molecule has 0 saturated carbocycles. The van der Waals surface area contributed by atoms with E-state index in [1.807, 2.05) is 6.07 Å². The highest BCUT2D eigenvalue weighted by atomic mass is 16.5. The third kappa shape index (κ3) is 5.51. The lowest BCUT2D eigenvalue weighted by atomic mass is 9.92. The van der Waals surface area contributed by atoms with Crippen LogP contribution in [-0.4, -0.2) is 20.8 Å². The minimum atomic E-state index is 0.332. The van der Waals surface area contributed by atoms with Crippen LogP contribution in [-0.2, 0) is 11.3 Å². The van der Waals surface area contributed by atoms with Crippen LogP contribution in [0.4, 0.5) is 0 Å². The number of benzene rings is 1. The zero-order valence-corrected chi connectivity index (χ0v) is 13.7. The Morgan fingerprint density at radius 3 is 2.45 bits per heavy atom. The molecule has 3 heteroatoms. The molecule has 1 unspecified atom stereocenters. The molecule has 0 heterocycles. The number of nitrogens with one attached hydrogen (secondary N) is 1. The molecule has 0 saturated heterocycles. The smallest absolute Gasteiger partial charge is 0.124 e. The monoisotopic (exact) mass is 279 g/mol. The fraction of sp³-hybridized carbons (Fsp3) is 0.647. The molecule has 0 aromatic heterocycles. The molecule has 114 valence electrons. The predicted octanol–water partition coefficient (Wildman–Crippen LogP) is 3.93. The molecule has 0 amide bonds. The van der Waals surface area contributed by atoms with Gasteiger partial charge >= 0.3 is 0 Å². The average Bonchev–Trinajstić information content (AvgIpc) is 2.37. The molecule has 1 atom stereocenters. The summed E-state index contributed by atoms with van der Waals surface area (Å²) in [5.41, 5.74) is 2.73. The van der Waals surface area contributed by atoms with Gasteiger partial charge in [0.25, 0.3) is 0 Å². The lowest BCUT2D eigenvalue weighted by molar-refractivity contribution is 0.181. The highest BCUT2D eigenvalue weighted by Gasteiger charge is 2.12. The summed E-state index contributed by atoms with van der Waals surface area (Å²) in [5.74, 6) is 0.887. The van der Waals surface area contributed by atoms with Crippen LogP contribution < -0.4 is 10.1 Å². The first-order chi connectivity index (χ1) is 9.37. The molecule has 1 aromatic carbocycles. The third-order valence-corrected chi connectivity index (χ3v) is 3.43. The number of methoxy groups -OCH3 is 2. The molecule has 0 aliphatic carbocycles. The minimum absolute atomic E-state index is 0.332. The van der Waals surface area contributed by atoms with Crippen LogP contribution in [0, 0.1) is 5.41 Å². The average molecular weight is 279 g/mol. The van der Waals surface area contributed by atoms with Gasteiger partial charge in [0.05, 0.1) is 13.7 Å². The van der Waals surface area contributed by atoms with Crippen LogP contribution in [0.15, 0.2) is 18.2 Å². The Bertz CT molecular complexity index is 410. The van der Waals surface area contributed by atoms with Gasteiger partial charge in [-0.2, -0.15) is 0 Å². The van der Waals surface area contributed by atoms with Crippen molar-refractivity contribution in [1.82, 2.24) is 5.32 Å². The normalized spacial score (nSPS) is 13.3.